The van der Waals surface area contributed by atoms with E-state index in [2.05, 4.69) is 0 Å². The smallest absolute Gasteiger partial charge is 0.243 e. The minimum absolute atomic E-state index is 0.164. The van der Waals surface area contributed by atoms with Gasteiger partial charge in [0.25, 0.3) is 0 Å². The van der Waals surface area contributed by atoms with Gasteiger partial charge in [0.2, 0.25) is 10.0 Å². The molecule has 1 atom stereocenters. The Hall–Kier alpha value is -1.59. The number of fused-ring (bicyclic) bond motifs is 1. The van der Waals surface area contributed by atoms with Gasteiger partial charge in [-0.05, 0) is 67.5 Å². The Morgan fingerprint density at radius 3 is 2.70 bits per heavy atom. The summed E-state index contributed by atoms with van der Waals surface area (Å²) in [7, 11) is -3.40. The van der Waals surface area contributed by atoms with Crippen molar-refractivity contribution in [2.75, 3.05) is 13.1 Å². The Bertz CT molecular complexity index is 796. The SMILES string of the molecule is O=S(=O)(c1ccc2c(c1)CCCC2)N1CCC(c2ccco2)C1. The quantitative estimate of drug-likeness (QED) is 0.867. The van der Waals surface area contributed by atoms with Gasteiger partial charge < -0.3 is 4.42 Å². The predicted octanol–water partition coefficient (Wildman–Crippen LogP) is 3.34. The third kappa shape index (κ3) is 2.72. The van der Waals surface area contributed by atoms with Crippen molar-refractivity contribution in [2.45, 2.75) is 42.9 Å². The third-order valence-corrected chi connectivity index (χ3v) is 6.92. The molecule has 2 heterocycles. The summed E-state index contributed by atoms with van der Waals surface area (Å²) in [6.07, 6.45) is 6.89. The molecular formula is C18H21NO3S. The number of hydrogen-bond acceptors (Lipinski definition) is 3. The van der Waals surface area contributed by atoms with Gasteiger partial charge in [-0.25, -0.2) is 8.42 Å². The Morgan fingerprint density at radius 1 is 1.09 bits per heavy atom. The van der Waals surface area contributed by atoms with Crippen LogP contribution < -0.4 is 0 Å². The highest BCUT2D eigenvalue weighted by atomic mass is 32.2. The van der Waals surface area contributed by atoms with Gasteiger partial charge in [-0.2, -0.15) is 4.31 Å². The van der Waals surface area contributed by atoms with Crippen molar-refractivity contribution in [1.29, 1.82) is 0 Å². The average Bonchev–Trinajstić information content (AvgIpc) is 3.25. The minimum atomic E-state index is -3.40. The first-order valence-electron chi connectivity index (χ1n) is 8.30. The summed E-state index contributed by atoms with van der Waals surface area (Å²) >= 11 is 0. The zero-order valence-corrected chi connectivity index (χ0v) is 13.9. The van der Waals surface area contributed by atoms with Crippen molar-refractivity contribution >= 4 is 10.0 Å². The second kappa shape index (κ2) is 5.80. The summed E-state index contributed by atoms with van der Waals surface area (Å²) in [6.45, 7) is 1.07. The van der Waals surface area contributed by atoms with E-state index in [1.54, 1.807) is 16.6 Å². The molecule has 0 radical (unpaired) electrons. The Morgan fingerprint density at radius 2 is 1.91 bits per heavy atom. The highest BCUT2D eigenvalue weighted by molar-refractivity contribution is 7.89. The molecule has 0 N–H and O–H groups in total. The lowest BCUT2D eigenvalue weighted by atomic mass is 9.92. The molecule has 0 spiro atoms. The Balaban J connectivity index is 1.58. The minimum Gasteiger partial charge on any atom is -0.469 e. The van der Waals surface area contributed by atoms with Crippen LogP contribution in [0.4, 0.5) is 0 Å². The van der Waals surface area contributed by atoms with Crippen LogP contribution in [0, 0.1) is 0 Å². The average molecular weight is 331 g/mol. The highest BCUT2D eigenvalue weighted by Crippen LogP contribution is 2.32. The fourth-order valence-corrected chi connectivity index (χ4v) is 5.27. The van der Waals surface area contributed by atoms with Gasteiger partial charge in [0.1, 0.15) is 5.76 Å². The molecular weight excluding hydrogens is 310 g/mol. The zero-order valence-electron chi connectivity index (χ0n) is 13.1. The fraction of sp³-hybridized carbons (Fsp3) is 0.444. The van der Waals surface area contributed by atoms with Gasteiger partial charge in [0, 0.05) is 19.0 Å². The van der Waals surface area contributed by atoms with Gasteiger partial charge in [-0.1, -0.05) is 6.07 Å². The molecule has 4 rings (SSSR count). The van der Waals surface area contributed by atoms with Gasteiger partial charge in [-0.15, -0.1) is 0 Å². The molecule has 1 aliphatic carbocycles. The maximum atomic E-state index is 12.9. The maximum Gasteiger partial charge on any atom is 0.243 e. The molecule has 23 heavy (non-hydrogen) atoms. The van der Waals surface area contributed by atoms with Gasteiger partial charge in [0.15, 0.2) is 0 Å². The first-order chi connectivity index (χ1) is 11.1. The second-order valence-corrected chi connectivity index (χ2v) is 8.44. The molecule has 1 aromatic carbocycles. The van der Waals surface area contributed by atoms with E-state index in [-0.39, 0.29) is 5.92 Å². The number of furan rings is 1. The lowest BCUT2D eigenvalue weighted by Gasteiger charge is -2.20. The van der Waals surface area contributed by atoms with E-state index >= 15 is 0 Å². The molecule has 5 heteroatoms. The number of aryl methyl sites for hydroxylation is 2. The van der Waals surface area contributed by atoms with Crippen LogP contribution in [0.5, 0.6) is 0 Å². The summed E-state index contributed by atoms with van der Waals surface area (Å²) in [5.74, 6) is 1.05. The first-order valence-corrected chi connectivity index (χ1v) is 9.74. The molecule has 1 aromatic heterocycles. The molecule has 1 saturated heterocycles. The van der Waals surface area contributed by atoms with Crippen LogP contribution in [-0.4, -0.2) is 25.8 Å². The Labute approximate surface area is 137 Å². The van der Waals surface area contributed by atoms with Crippen molar-refractivity contribution in [2.24, 2.45) is 0 Å². The van der Waals surface area contributed by atoms with E-state index in [1.165, 1.54) is 17.5 Å². The van der Waals surface area contributed by atoms with Crippen molar-refractivity contribution in [3.63, 3.8) is 0 Å². The molecule has 0 amide bonds. The highest BCUT2D eigenvalue weighted by Gasteiger charge is 2.34. The first kappa shape index (κ1) is 15.0. The van der Waals surface area contributed by atoms with Crippen LogP contribution in [0.25, 0.3) is 0 Å². The third-order valence-electron chi connectivity index (χ3n) is 5.05. The van der Waals surface area contributed by atoms with E-state index < -0.39 is 10.0 Å². The number of rotatable bonds is 3. The zero-order chi connectivity index (χ0) is 15.9. The van der Waals surface area contributed by atoms with Crippen molar-refractivity contribution in [3.05, 3.63) is 53.5 Å². The van der Waals surface area contributed by atoms with Crippen LogP contribution in [0.3, 0.4) is 0 Å². The van der Waals surface area contributed by atoms with Crippen molar-refractivity contribution < 1.29 is 12.8 Å². The normalized spacial score (nSPS) is 22.2. The van der Waals surface area contributed by atoms with E-state index in [4.69, 9.17) is 4.42 Å². The van der Waals surface area contributed by atoms with Gasteiger partial charge in [-0.3, -0.25) is 0 Å². The van der Waals surface area contributed by atoms with Crippen LogP contribution in [0.1, 0.15) is 42.1 Å². The summed E-state index contributed by atoms with van der Waals surface area (Å²) in [4.78, 5) is 0.443. The molecule has 122 valence electrons. The van der Waals surface area contributed by atoms with Crippen LogP contribution in [-0.2, 0) is 22.9 Å². The standard InChI is InChI=1S/C18H21NO3S/c20-23(21,17-8-7-14-4-1-2-5-15(14)12-17)19-10-9-16(13-19)18-6-3-11-22-18/h3,6-8,11-12,16H,1-2,4-5,9-10,13H2. The maximum absolute atomic E-state index is 12.9. The molecule has 1 unspecified atom stereocenters. The summed E-state index contributed by atoms with van der Waals surface area (Å²) < 4.78 is 32.9. The van der Waals surface area contributed by atoms with Gasteiger partial charge >= 0.3 is 0 Å². The fourth-order valence-electron chi connectivity index (χ4n) is 3.72. The summed E-state index contributed by atoms with van der Waals surface area (Å²) in [5, 5.41) is 0. The molecule has 1 fully saturated rings. The number of sulfonamides is 1. The monoisotopic (exact) mass is 331 g/mol. The van der Waals surface area contributed by atoms with Crippen LogP contribution >= 0.6 is 0 Å². The predicted molar refractivity (Wildman–Crippen MR) is 87.9 cm³/mol. The van der Waals surface area contributed by atoms with E-state index in [0.29, 0.717) is 18.0 Å². The van der Waals surface area contributed by atoms with Gasteiger partial charge in [0.05, 0.1) is 11.2 Å². The van der Waals surface area contributed by atoms with E-state index in [0.717, 1.165) is 31.4 Å². The van der Waals surface area contributed by atoms with Crippen molar-refractivity contribution in [3.8, 4) is 0 Å². The number of hydrogen-bond donors (Lipinski definition) is 0. The number of nitrogens with zero attached hydrogens (tertiary/aromatic N) is 1. The summed E-state index contributed by atoms with van der Waals surface area (Å²) in [5.41, 5.74) is 2.52. The lowest BCUT2D eigenvalue weighted by molar-refractivity contribution is 0.445. The van der Waals surface area contributed by atoms with E-state index in [1.807, 2.05) is 24.3 Å². The molecule has 4 nitrogen and oxygen atoms in total. The largest absolute Gasteiger partial charge is 0.469 e. The summed E-state index contributed by atoms with van der Waals surface area (Å²) in [6, 6.07) is 9.46. The van der Waals surface area contributed by atoms with Crippen LogP contribution in [0.2, 0.25) is 0 Å². The molecule has 0 saturated carbocycles. The lowest BCUT2D eigenvalue weighted by Crippen LogP contribution is -2.28. The number of benzene rings is 1. The molecule has 1 aliphatic heterocycles. The molecule has 2 aliphatic rings. The Kier molecular flexibility index (Phi) is 3.77. The molecule has 0 bridgehead atoms. The van der Waals surface area contributed by atoms with E-state index in [9.17, 15) is 8.42 Å². The second-order valence-electron chi connectivity index (χ2n) is 6.50. The van der Waals surface area contributed by atoms with Crippen LogP contribution in [0.15, 0.2) is 45.9 Å². The topological polar surface area (TPSA) is 50.5 Å². The van der Waals surface area contributed by atoms with Crippen molar-refractivity contribution in [1.82, 2.24) is 4.31 Å². The molecule has 2 aromatic rings.